The lowest BCUT2D eigenvalue weighted by molar-refractivity contribution is 0.0702. The fraction of sp³-hybridized carbons (Fsp3) is 0.0714. The lowest BCUT2D eigenvalue weighted by atomic mass is 10.2. The maximum atomic E-state index is 10.9. The largest absolute Gasteiger partial charge is 0.477 e. The summed E-state index contributed by atoms with van der Waals surface area (Å²) in [5.41, 5.74) is 1.15. The van der Waals surface area contributed by atoms with Gasteiger partial charge >= 0.3 is 5.97 Å². The summed E-state index contributed by atoms with van der Waals surface area (Å²) in [6, 6.07) is 11.7. The normalized spacial score (nSPS) is 11.0. The molecule has 1 N–H and O–H groups in total. The van der Waals surface area contributed by atoms with Crippen LogP contribution in [0.5, 0.6) is 0 Å². The number of aromatic nitrogens is 1. The molecule has 0 unspecified atom stereocenters. The molecule has 0 aliphatic carbocycles. The zero-order valence-corrected chi connectivity index (χ0v) is 12.2. The van der Waals surface area contributed by atoms with Crippen LogP contribution in [0.25, 0.3) is 10.9 Å². The number of fused-ring (bicyclic) bond motifs is 1. The van der Waals surface area contributed by atoms with Gasteiger partial charge in [-0.25, -0.2) is 4.79 Å². The fourth-order valence-corrected chi connectivity index (χ4v) is 3.28. The number of carboxylic acid groups (broad SMARTS) is 1. The van der Waals surface area contributed by atoms with Crippen molar-refractivity contribution in [2.45, 2.75) is 6.54 Å². The first-order chi connectivity index (χ1) is 9.13. The Morgan fingerprint density at radius 1 is 1.26 bits per heavy atom. The van der Waals surface area contributed by atoms with Crippen LogP contribution in [0.15, 0.2) is 47.1 Å². The zero-order valence-electron chi connectivity index (χ0n) is 9.84. The van der Waals surface area contributed by atoms with Crippen LogP contribution in [0.4, 0.5) is 0 Å². The molecule has 0 saturated heterocycles. The third-order valence-corrected chi connectivity index (χ3v) is 4.48. The van der Waals surface area contributed by atoms with Crippen molar-refractivity contribution in [1.82, 2.24) is 4.57 Å². The predicted octanol–water partition coefficient (Wildman–Crippen LogP) is 4.21. The van der Waals surface area contributed by atoms with E-state index in [0.29, 0.717) is 11.4 Å². The predicted molar refractivity (Wildman–Crippen MR) is 80.0 cm³/mol. The second-order valence-electron chi connectivity index (χ2n) is 4.22. The smallest absolute Gasteiger partial charge is 0.345 e. The molecule has 1 aromatic carbocycles. The Bertz CT molecular complexity index is 760. The minimum Gasteiger partial charge on any atom is -0.477 e. The number of carboxylic acids is 1. The number of carbonyl (C=O) groups is 1. The Hall–Kier alpha value is -1.59. The van der Waals surface area contributed by atoms with Gasteiger partial charge in [0.1, 0.15) is 4.88 Å². The number of nitrogens with zero attached hydrogens (tertiary/aromatic N) is 1. The highest BCUT2D eigenvalue weighted by Crippen LogP contribution is 2.23. The molecule has 0 aliphatic rings. The van der Waals surface area contributed by atoms with Gasteiger partial charge in [0.15, 0.2) is 0 Å². The quantitative estimate of drug-likeness (QED) is 0.778. The Balaban J connectivity index is 1.94. The monoisotopic (exact) mass is 335 g/mol. The van der Waals surface area contributed by atoms with E-state index >= 15 is 0 Å². The molecular weight excluding hydrogens is 326 g/mol. The first-order valence-corrected chi connectivity index (χ1v) is 7.31. The van der Waals surface area contributed by atoms with Crippen molar-refractivity contribution in [3.63, 3.8) is 0 Å². The minimum atomic E-state index is -0.863. The van der Waals surface area contributed by atoms with Crippen molar-refractivity contribution in [2.24, 2.45) is 0 Å². The molecular formula is C14H10BrNO2S. The molecule has 3 rings (SSSR count). The Labute approximate surface area is 122 Å². The van der Waals surface area contributed by atoms with Gasteiger partial charge in [-0.3, -0.25) is 0 Å². The first-order valence-electron chi connectivity index (χ1n) is 5.70. The van der Waals surface area contributed by atoms with Crippen LogP contribution < -0.4 is 0 Å². The van der Waals surface area contributed by atoms with Crippen molar-refractivity contribution < 1.29 is 9.90 Å². The van der Waals surface area contributed by atoms with E-state index in [1.54, 1.807) is 6.07 Å². The highest BCUT2D eigenvalue weighted by Gasteiger charge is 2.08. The van der Waals surface area contributed by atoms with Gasteiger partial charge < -0.3 is 9.67 Å². The van der Waals surface area contributed by atoms with Crippen molar-refractivity contribution in [3.8, 4) is 0 Å². The Kier molecular flexibility index (Phi) is 3.16. The average molecular weight is 336 g/mol. The topological polar surface area (TPSA) is 42.2 Å². The SMILES string of the molecule is O=C(O)c1ccc(Cn2ccc3cc(Br)ccc32)s1. The van der Waals surface area contributed by atoms with Crippen molar-refractivity contribution >= 4 is 44.1 Å². The van der Waals surface area contributed by atoms with Crippen molar-refractivity contribution in [3.05, 3.63) is 56.8 Å². The van der Waals surface area contributed by atoms with E-state index in [1.165, 1.54) is 16.7 Å². The van der Waals surface area contributed by atoms with Crippen LogP contribution in [-0.2, 0) is 6.54 Å². The van der Waals surface area contributed by atoms with Crippen molar-refractivity contribution in [1.29, 1.82) is 0 Å². The summed E-state index contributed by atoms with van der Waals surface area (Å²) < 4.78 is 3.18. The third-order valence-electron chi connectivity index (χ3n) is 2.93. The number of rotatable bonds is 3. The molecule has 0 fully saturated rings. The van der Waals surface area contributed by atoms with Crippen molar-refractivity contribution in [2.75, 3.05) is 0 Å². The lowest BCUT2D eigenvalue weighted by Gasteiger charge is -2.03. The summed E-state index contributed by atoms with van der Waals surface area (Å²) in [6.07, 6.45) is 2.03. The lowest BCUT2D eigenvalue weighted by Crippen LogP contribution is -1.95. The van der Waals surface area contributed by atoms with E-state index in [0.717, 1.165) is 14.9 Å². The minimum absolute atomic E-state index is 0.384. The van der Waals surface area contributed by atoms with E-state index in [4.69, 9.17) is 5.11 Å². The van der Waals surface area contributed by atoms with Gasteiger partial charge in [-0.15, -0.1) is 11.3 Å². The number of aromatic carboxylic acids is 1. The fourth-order valence-electron chi connectivity index (χ4n) is 2.05. The van der Waals surface area contributed by atoms with Crippen LogP contribution in [-0.4, -0.2) is 15.6 Å². The summed E-state index contributed by atoms with van der Waals surface area (Å²) in [4.78, 5) is 12.3. The summed E-state index contributed by atoms with van der Waals surface area (Å²) in [7, 11) is 0. The van der Waals surface area contributed by atoms with Gasteiger partial charge in [0.2, 0.25) is 0 Å². The second kappa shape index (κ2) is 4.83. The van der Waals surface area contributed by atoms with Gasteiger partial charge in [-0.05, 0) is 36.4 Å². The zero-order chi connectivity index (χ0) is 13.4. The van der Waals surface area contributed by atoms with Crippen LogP contribution in [0.1, 0.15) is 14.5 Å². The van der Waals surface area contributed by atoms with E-state index in [-0.39, 0.29) is 0 Å². The molecule has 5 heteroatoms. The van der Waals surface area contributed by atoms with Crippen LogP contribution >= 0.6 is 27.3 Å². The number of hydrogen-bond donors (Lipinski definition) is 1. The van der Waals surface area contributed by atoms with Gasteiger partial charge in [0, 0.05) is 26.4 Å². The molecule has 0 saturated carbocycles. The highest BCUT2D eigenvalue weighted by atomic mass is 79.9. The summed E-state index contributed by atoms with van der Waals surface area (Å²) in [5, 5.41) is 10.1. The molecule has 19 heavy (non-hydrogen) atoms. The Morgan fingerprint density at radius 2 is 2.11 bits per heavy atom. The standard InChI is InChI=1S/C14H10BrNO2S/c15-10-1-3-12-9(7-10)5-6-16(12)8-11-2-4-13(19-11)14(17)18/h1-7H,8H2,(H,17,18). The van der Waals surface area contributed by atoms with Crippen LogP contribution in [0.2, 0.25) is 0 Å². The maximum absolute atomic E-state index is 10.9. The molecule has 0 atom stereocenters. The number of benzene rings is 1. The molecule has 0 aliphatic heterocycles. The molecule has 2 heterocycles. The van der Waals surface area contributed by atoms with Crippen LogP contribution in [0, 0.1) is 0 Å². The summed E-state index contributed by atoms with van der Waals surface area (Å²) in [5.74, 6) is -0.863. The average Bonchev–Trinajstić information content (AvgIpc) is 2.97. The molecule has 0 amide bonds. The molecule has 0 radical (unpaired) electrons. The van der Waals surface area contributed by atoms with E-state index in [1.807, 2.05) is 18.3 Å². The molecule has 2 aromatic heterocycles. The second-order valence-corrected chi connectivity index (χ2v) is 6.30. The summed E-state index contributed by atoms with van der Waals surface area (Å²) >= 11 is 4.78. The molecule has 0 spiro atoms. The molecule has 3 aromatic rings. The molecule has 96 valence electrons. The third kappa shape index (κ3) is 2.43. The maximum Gasteiger partial charge on any atom is 0.345 e. The van der Waals surface area contributed by atoms with Crippen LogP contribution in [0.3, 0.4) is 0 Å². The summed E-state index contributed by atoms with van der Waals surface area (Å²) in [6.45, 7) is 0.697. The number of thiophene rings is 1. The van der Waals surface area contributed by atoms with E-state index in [9.17, 15) is 4.79 Å². The first kappa shape index (κ1) is 12.4. The Morgan fingerprint density at radius 3 is 2.84 bits per heavy atom. The van der Waals surface area contributed by atoms with Gasteiger partial charge in [-0.1, -0.05) is 15.9 Å². The molecule has 0 bridgehead atoms. The van der Waals surface area contributed by atoms with E-state index in [2.05, 4.69) is 38.7 Å². The molecule has 3 nitrogen and oxygen atoms in total. The van der Waals surface area contributed by atoms with Gasteiger partial charge in [0.25, 0.3) is 0 Å². The van der Waals surface area contributed by atoms with Gasteiger partial charge in [-0.2, -0.15) is 0 Å². The van der Waals surface area contributed by atoms with Gasteiger partial charge in [0.05, 0.1) is 6.54 Å². The van der Waals surface area contributed by atoms with E-state index < -0.39 is 5.97 Å². The number of halogens is 1. The highest BCUT2D eigenvalue weighted by molar-refractivity contribution is 9.10. The number of hydrogen-bond acceptors (Lipinski definition) is 2.